The SMILES string of the molecule is CN(C)c1nc(NCCNS(=O)(=O)c2ccc(C#N)c(C#N)c2)nc(Nc2cc(S(=O)(=O)O)c3cc(S(=O)(=O)O)cc(S(=O)(=O)O)c3c2)n1. The van der Waals surface area contributed by atoms with E-state index < -0.39 is 65.8 Å². The van der Waals surface area contributed by atoms with Crippen LogP contribution in [-0.4, -0.2) is 89.5 Å². The number of aromatic nitrogens is 3. The first-order chi connectivity index (χ1) is 22.6. The third-order valence-electron chi connectivity index (χ3n) is 6.34. The summed E-state index contributed by atoms with van der Waals surface area (Å²) in [7, 11) is -16.6. The minimum atomic E-state index is -5.25. The summed E-state index contributed by atoms with van der Waals surface area (Å²) in [4.78, 5) is 10.4. The number of sulfonamides is 1. The molecule has 0 aliphatic carbocycles. The van der Waals surface area contributed by atoms with Gasteiger partial charge in [-0.15, -0.1) is 0 Å². The lowest BCUT2D eigenvalue weighted by atomic mass is 10.1. The second-order valence-electron chi connectivity index (χ2n) is 9.97. The maximum absolute atomic E-state index is 12.7. The fourth-order valence-corrected chi connectivity index (χ4v) is 7.28. The predicted molar refractivity (Wildman–Crippen MR) is 170 cm³/mol. The van der Waals surface area contributed by atoms with E-state index in [0.717, 1.165) is 24.3 Å². The van der Waals surface area contributed by atoms with Gasteiger partial charge in [0.1, 0.15) is 21.9 Å². The standard InChI is InChI=1S/C25H23N9O11S4/c1-34(2)25-32-23(28-5-6-29-46(35,36)17-4-3-14(12-26)15(7-17)13-27)31-24(33-25)30-16-8-19-20(21(9-16)48(40,41)42)10-18(47(37,38)39)11-22(19)49(43,44)45/h3-4,7-11,29H,5-6H2,1-2H3,(H,37,38,39)(H,40,41,42)(H,43,44,45)(H2,28,30,31,32,33). The van der Waals surface area contributed by atoms with Gasteiger partial charge in [-0.1, -0.05) is 0 Å². The number of nitrogens with one attached hydrogen (secondary N) is 3. The molecule has 49 heavy (non-hydrogen) atoms. The molecule has 0 unspecified atom stereocenters. The topological polar surface area (TPSA) is 323 Å². The maximum atomic E-state index is 12.7. The number of nitriles is 2. The largest absolute Gasteiger partial charge is 0.353 e. The van der Waals surface area contributed by atoms with Crippen molar-refractivity contribution in [1.82, 2.24) is 19.7 Å². The van der Waals surface area contributed by atoms with Crippen LogP contribution in [0, 0.1) is 22.7 Å². The van der Waals surface area contributed by atoms with Crippen molar-refractivity contribution in [3.63, 3.8) is 0 Å². The van der Waals surface area contributed by atoms with Crippen molar-refractivity contribution in [3.05, 3.63) is 53.6 Å². The monoisotopic (exact) mass is 753 g/mol. The first kappa shape index (κ1) is 36.8. The molecule has 4 rings (SSSR count). The second kappa shape index (κ2) is 13.5. The van der Waals surface area contributed by atoms with Crippen molar-refractivity contribution >= 4 is 74.7 Å². The van der Waals surface area contributed by atoms with E-state index in [4.69, 9.17) is 5.26 Å². The lowest BCUT2D eigenvalue weighted by Crippen LogP contribution is -2.29. The zero-order valence-electron chi connectivity index (χ0n) is 24.9. The molecule has 20 nitrogen and oxygen atoms in total. The molecule has 6 N–H and O–H groups in total. The van der Waals surface area contributed by atoms with Gasteiger partial charge in [0.2, 0.25) is 27.9 Å². The molecule has 0 bridgehead atoms. The number of nitrogens with zero attached hydrogens (tertiary/aromatic N) is 6. The van der Waals surface area contributed by atoms with E-state index in [0.29, 0.717) is 12.1 Å². The Balaban J connectivity index is 1.68. The zero-order chi connectivity index (χ0) is 36.5. The smallest absolute Gasteiger partial charge is 0.295 e. The van der Waals surface area contributed by atoms with Crippen LogP contribution in [0.15, 0.2) is 62.0 Å². The minimum Gasteiger partial charge on any atom is -0.353 e. The Bertz CT molecular complexity index is 2530. The van der Waals surface area contributed by atoms with E-state index >= 15 is 0 Å². The Kier molecular flexibility index (Phi) is 10.1. The molecule has 4 aromatic rings. The molecule has 0 saturated heterocycles. The number of anilines is 4. The molecule has 0 spiro atoms. The summed E-state index contributed by atoms with van der Waals surface area (Å²) in [6.45, 7) is -0.323. The highest BCUT2D eigenvalue weighted by molar-refractivity contribution is 7.89. The number of fused-ring (bicyclic) bond motifs is 1. The Hall–Kier alpha value is -5.05. The van der Waals surface area contributed by atoms with Crippen LogP contribution in [0.5, 0.6) is 0 Å². The molecule has 0 atom stereocenters. The summed E-state index contributed by atoms with van der Waals surface area (Å²) < 4.78 is 129. The summed E-state index contributed by atoms with van der Waals surface area (Å²) in [6, 6.07) is 9.67. The van der Waals surface area contributed by atoms with Crippen molar-refractivity contribution in [3.8, 4) is 12.1 Å². The van der Waals surface area contributed by atoms with E-state index in [-0.39, 0.29) is 52.6 Å². The number of rotatable bonds is 12. The summed E-state index contributed by atoms with van der Waals surface area (Å²) in [5, 5.41) is 22.3. The van der Waals surface area contributed by atoms with E-state index in [1.165, 1.54) is 11.0 Å². The Morgan fingerprint density at radius 2 is 1.29 bits per heavy atom. The maximum Gasteiger partial charge on any atom is 0.295 e. The molecule has 1 aromatic heterocycles. The van der Waals surface area contributed by atoms with Crippen LogP contribution in [0.25, 0.3) is 10.8 Å². The average Bonchev–Trinajstić information content (AvgIpc) is 3.00. The van der Waals surface area contributed by atoms with Gasteiger partial charge in [0.25, 0.3) is 30.4 Å². The predicted octanol–water partition coefficient (Wildman–Crippen LogP) is 0.708. The molecule has 0 aliphatic rings. The van der Waals surface area contributed by atoms with Crippen molar-refractivity contribution in [2.24, 2.45) is 0 Å². The summed E-state index contributed by atoms with van der Waals surface area (Å²) in [6.07, 6.45) is 0. The molecule has 0 aliphatic heterocycles. The second-order valence-corrected chi connectivity index (χ2v) is 15.9. The van der Waals surface area contributed by atoms with Crippen LogP contribution in [0.2, 0.25) is 0 Å². The van der Waals surface area contributed by atoms with Crippen molar-refractivity contribution in [1.29, 1.82) is 10.5 Å². The van der Waals surface area contributed by atoms with Crippen molar-refractivity contribution in [2.75, 3.05) is 42.7 Å². The third kappa shape index (κ3) is 8.52. The van der Waals surface area contributed by atoms with Gasteiger partial charge in [0.15, 0.2) is 0 Å². The van der Waals surface area contributed by atoms with E-state index in [1.807, 2.05) is 0 Å². The van der Waals surface area contributed by atoms with Crippen LogP contribution in [-0.2, 0) is 40.4 Å². The fraction of sp³-hybridized carbons (Fsp3) is 0.160. The van der Waals surface area contributed by atoms with Crippen LogP contribution >= 0.6 is 0 Å². The van der Waals surface area contributed by atoms with E-state index in [1.54, 1.807) is 26.2 Å². The van der Waals surface area contributed by atoms with Gasteiger partial charge in [0, 0.05) is 43.6 Å². The van der Waals surface area contributed by atoms with Crippen molar-refractivity contribution in [2.45, 2.75) is 19.6 Å². The number of benzene rings is 3. The molecule has 24 heteroatoms. The molecular weight excluding hydrogens is 731 g/mol. The highest BCUT2D eigenvalue weighted by Crippen LogP contribution is 2.35. The van der Waals surface area contributed by atoms with E-state index in [9.17, 15) is 52.6 Å². The fourth-order valence-electron chi connectivity index (χ4n) is 4.17. The zero-order valence-corrected chi connectivity index (χ0v) is 28.1. The van der Waals surface area contributed by atoms with Gasteiger partial charge >= 0.3 is 0 Å². The first-order valence-corrected chi connectivity index (χ1v) is 18.9. The lowest BCUT2D eigenvalue weighted by Gasteiger charge is -2.16. The molecule has 0 saturated carbocycles. The van der Waals surface area contributed by atoms with Crippen molar-refractivity contribution < 1.29 is 47.3 Å². The van der Waals surface area contributed by atoms with Gasteiger partial charge in [-0.2, -0.15) is 50.7 Å². The number of hydrogen-bond acceptors (Lipinski definition) is 16. The van der Waals surface area contributed by atoms with E-state index in [2.05, 4.69) is 30.3 Å². The van der Waals surface area contributed by atoms with Gasteiger partial charge in [-0.05, 0) is 42.5 Å². The van der Waals surface area contributed by atoms with Gasteiger partial charge in [0.05, 0.1) is 20.9 Å². The van der Waals surface area contributed by atoms with Gasteiger partial charge in [-0.3, -0.25) is 13.7 Å². The van der Waals surface area contributed by atoms with Crippen LogP contribution in [0.1, 0.15) is 11.1 Å². The first-order valence-electron chi connectivity index (χ1n) is 13.1. The van der Waals surface area contributed by atoms with Crippen LogP contribution in [0.3, 0.4) is 0 Å². The molecule has 1 heterocycles. The molecule has 0 amide bonds. The summed E-state index contributed by atoms with van der Waals surface area (Å²) in [5.74, 6) is -0.390. The minimum absolute atomic E-state index is 0.00196. The molecule has 0 fully saturated rings. The quantitative estimate of drug-likeness (QED) is 0.0856. The third-order valence-corrected chi connectivity index (χ3v) is 10.4. The molecular formula is C25H23N9O11S4. The summed E-state index contributed by atoms with van der Waals surface area (Å²) >= 11 is 0. The Morgan fingerprint density at radius 3 is 1.86 bits per heavy atom. The van der Waals surface area contributed by atoms with Gasteiger partial charge in [-0.25, -0.2) is 13.1 Å². The number of hydrogen-bond donors (Lipinski definition) is 6. The molecule has 3 aromatic carbocycles. The molecule has 0 radical (unpaired) electrons. The highest BCUT2D eigenvalue weighted by Gasteiger charge is 2.26. The lowest BCUT2D eigenvalue weighted by molar-refractivity contribution is 0.478. The van der Waals surface area contributed by atoms with Gasteiger partial charge < -0.3 is 15.5 Å². The highest BCUT2D eigenvalue weighted by atomic mass is 32.2. The molecule has 258 valence electrons. The average molecular weight is 754 g/mol. The normalized spacial score (nSPS) is 12.2. The summed E-state index contributed by atoms with van der Waals surface area (Å²) in [5.41, 5.74) is -0.405. The Morgan fingerprint density at radius 1 is 0.694 bits per heavy atom. The Labute approximate surface area is 279 Å². The van der Waals surface area contributed by atoms with Crippen LogP contribution in [0.4, 0.5) is 23.5 Å². The van der Waals surface area contributed by atoms with Crippen LogP contribution < -0.4 is 20.3 Å².